The van der Waals surface area contributed by atoms with Crippen molar-refractivity contribution in [1.29, 1.82) is 0 Å². The number of nitrogens with zero attached hydrogens (tertiary/aromatic N) is 2. The van der Waals surface area contributed by atoms with Crippen LogP contribution in [0.2, 0.25) is 5.02 Å². The summed E-state index contributed by atoms with van der Waals surface area (Å²) in [4.78, 5) is 19.1. The number of nitrogens with one attached hydrogen (secondary N) is 1. The van der Waals surface area contributed by atoms with Gasteiger partial charge in [-0.25, -0.2) is 0 Å². The molecule has 1 aromatic rings. The zero-order chi connectivity index (χ0) is 13.0. The Hall–Kier alpha value is -1.04. The van der Waals surface area contributed by atoms with E-state index >= 15 is 0 Å². The van der Waals surface area contributed by atoms with Gasteiger partial charge in [-0.05, 0) is 19.0 Å². The first kappa shape index (κ1) is 13.4. The zero-order valence-electron chi connectivity index (χ0n) is 10.2. The van der Waals surface area contributed by atoms with Gasteiger partial charge < -0.3 is 15.0 Å². The fraction of sp³-hybridized carbons (Fsp3) is 0.583. The molecule has 6 heteroatoms. The number of aromatic nitrogens is 1. The second-order valence-electron chi connectivity index (χ2n) is 4.44. The van der Waals surface area contributed by atoms with Gasteiger partial charge in [0.2, 0.25) is 0 Å². The van der Waals surface area contributed by atoms with E-state index in [4.69, 9.17) is 16.7 Å². The van der Waals surface area contributed by atoms with E-state index in [1.807, 2.05) is 4.90 Å². The molecular weight excluding hydrogens is 254 g/mol. The van der Waals surface area contributed by atoms with Crippen LogP contribution in [0.4, 0.5) is 0 Å². The fourth-order valence-corrected chi connectivity index (χ4v) is 2.36. The van der Waals surface area contributed by atoms with Crippen LogP contribution < -0.4 is 0 Å². The van der Waals surface area contributed by atoms with Gasteiger partial charge in [0.15, 0.2) is 0 Å². The van der Waals surface area contributed by atoms with Crippen LogP contribution >= 0.6 is 11.6 Å². The molecule has 0 aromatic carbocycles. The van der Waals surface area contributed by atoms with Gasteiger partial charge >= 0.3 is 0 Å². The third kappa shape index (κ3) is 3.25. The lowest BCUT2D eigenvalue weighted by atomic mass is 10.3. The maximum Gasteiger partial charge on any atom is 0.270 e. The monoisotopic (exact) mass is 271 g/mol. The molecule has 0 saturated carbocycles. The Balaban J connectivity index is 1.95. The molecule has 0 unspecified atom stereocenters. The minimum Gasteiger partial charge on any atom is -0.395 e. The predicted molar refractivity (Wildman–Crippen MR) is 69.8 cm³/mol. The van der Waals surface area contributed by atoms with Gasteiger partial charge in [-0.3, -0.25) is 9.69 Å². The van der Waals surface area contributed by atoms with Gasteiger partial charge in [-0.15, -0.1) is 0 Å². The largest absolute Gasteiger partial charge is 0.395 e. The fourth-order valence-electron chi connectivity index (χ4n) is 2.20. The van der Waals surface area contributed by atoms with Gasteiger partial charge in [-0.2, -0.15) is 0 Å². The average Bonchev–Trinajstić information content (AvgIpc) is 2.65. The summed E-state index contributed by atoms with van der Waals surface area (Å²) in [5.41, 5.74) is 0.538. The van der Waals surface area contributed by atoms with Gasteiger partial charge in [-0.1, -0.05) is 11.6 Å². The highest BCUT2D eigenvalue weighted by Gasteiger charge is 2.20. The molecule has 0 aliphatic carbocycles. The van der Waals surface area contributed by atoms with E-state index in [0.29, 0.717) is 23.8 Å². The molecule has 1 fully saturated rings. The Labute approximate surface area is 111 Å². The molecule has 1 aromatic heterocycles. The van der Waals surface area contributed by atoms with E-state index in [0.717, 1.165) is 26.1 Å². The van der Waals surface area contributed by atoms with Crippen LogP contribution in [0.3, 0.4) is 0 Å². The van der Waals surface area contributed by atoms with Crippen LogP contribution in [0.1, 0.15) is 16.9 Å². The van der Waals surface area contributed by atoms with Crippen molar-refractivity contribution in [3.05, 3.63) is 23.0 Å². The summed E-state index contributed by atoms with van der Waals surface area (Å²) in [5.74, 6) is -0.00671. The summed E-state index contributed by atoms with van der Waals surface area (Å²) in [6, 6.07) is 1.65. The van der Waals surface area contributed by atoms with Crippen LogP contribution in [0.25, 0.3) is 0 Å². The molecule has 0 atom stereocenters. The van der Waals surface area contributed by atoms with Crippen molar-refractivity contribution in [3.8, 4) is 0 Å². The maximum atomic E-state index is 12.2. The second-order valence-corrected chi connectivity index (χ2v) is 4.88. The SMILES string of the molecule is O=C(c1cc(Cl)c[nH]1)N1CCCN(CCO)CC1. The first-order valence-electron chi connectivity index (χ1n) is 6.17. The number of H-pyrrole nitrogens is 1. The number of carbonyl (C=O) groups is 1. The van der Waals surface area contributed by atoms with Gasteiger partial charge in [0, 0.05) is 32.4 Å². The molecule has 2 rings (SSSR count). The number of β-amino-alcohol motifs (C(OH)–C–C–N with tert-alkyl or cyclic N) is 1. The lowest BCUT2D eigenvalue weighted by molar-refractivity contribution is 0.0755. The third-order valence-corrected chi connectivity index (χ3v) is 3.39. The molecule has 100 valence electrons. The number of aliphatic hydroxyl groups excluding tert-OH is 1. The lowest BCUT2D eigenvalue weighted by Crippen LogP contribution is -2.36. The standard InChI is InChI=1S/C12H18ClN3O2/c13-10-8-11(14-9-10)12(18)16-3-1-2-15(4-5-16)6-7-17/h8-9,14,17H,1-7H2. The normalized spacial score (nSPS) is 17.8. The Morgan fingerprint density at radius 2 is 2.22 bits per heavy atom. The zero-order valence-corrected chi connectivity index (χ0v) is 11.0. The van der Waals surface area contributed by atoms with Gasteiger partial charge in [0.1, 0.15) is 5.69 Å². The van der Waals surface area contributed by atoms with Crippen molar-refractivity contribution < 1.29 is 9.90 Å². The quantitative estimate of drug-likeness (QED) is 0.855. The van der Waals surface area contributed by atoms with Gasteiger partial charge in [0.05, 0.1) is 11.6 Å². The number of rotatable bonds is 3. The van der Waals surface area contributed by atoms with Crippen LogP contribution in [0, 0.1) is 0 Å². The number of hydrogen-bond donors (Lipinski definition) is 2. The maximum absolute atomic E-state index is 12.2. The molecule has 0 radical (unpaired) electrons. The molecule has 18 heavy (non-hydrogen) atoms. The van der Waals surface area contributed by atoms with E-state index in [1.165, 1.54) is 0 Å². The highest BCUT2D eigenvalue weighted by atomic mass is 35.5. The minimum atomic E-state index is -0.00671. The molecule has 1 aliphatic heterocycles. The molecule has 1 saturated heterocycles. The predicted octanol–water partition coefficient (Wildman–Crippen LogP) is 0.808. The highest BCUT2D eigenvalue weighted by Crippen LogP contribution is 2.13. The van der Waals surface area contributed by atoms with Crippen LogP contribution in [0.5, 0.6) is 0 Å². The molecule has 1 amide bonds. The summed E-state index contributed by atoms with van der Waals surface area (Å²) in [7, 11) is 0. The van der Waals surface area contributed by atoms with Crippen molar-refractivity contribution in [1.82, 2.24) is 14.8 Å². The smallest absolute Gasteiger partial charge is 0.270 e. The molecule has 0 spiro atoms. The van der Waals surface area contributed by atoms with Crippen molar-refractivity contribution in [3.63, 3.8) is 0 Å². The molecule has 2 heterocycles. The van der Waals surface area contributed by atoms with E-state index in [-0.39, 0.29) is 12.5 Å². The Bertz CT molecular complexity index is 408. The number of aromatic amines is 1. The topological polar surface area (TPSA) is 59.6 Å². The summed E-state index contributed by atoms with van der Waals surface area (Å²) < 4.78 is 0. The van der Waals surface area contributed by atoms with Crippen LogP contribution in [0.15, 0.2) is 12.3 Å². The molecule has 5 nitrogen and oxygen atoms in total. The van der Waals surface area contributed by atoms with Crippen molar-refractivity contribution in [2.24, 2.45) is 0 Å². The number of halogens is 1. The van der Waals surface area contributed by atoms with E-state index in [2.05, 4.69) is 9.88 Å². The third-order valence-electron chi connectivity index (χ3n) is 3.17. The Kier molecular flexibility index (Phi) is 4.63. The van der Waals surface area contributed by atoms with E-state index in [9.17, 15) is 4.79 Å². The van der Waals surface area contributed by atoms with E-state index < -0.39 is 0 Å². The van der Waals surface area contributed by atoms with Crippen molar-refractivity contribution in [2.75, 3.05) is 39.3 Å². The van der Waals surface area contributed by atoms with Crippen molar-refractivity contribution >= 4 is 17.5 Å². The number of amides is 1. The number of aliphatic hydroxyl groups is 1. The number of hydrogen-bond acceptors (Lipinski definition) is 3. The lowest BCUT2D eigenvalue weighted by Gasteiger charge is -2.20. The van der Waals surface area contributed by atoms with Crippen LogP contribution in [-0.2, 0) is 0 Å². The Morgan fingerprint density at radius 3 is 2.89 bits per heavy atom. The molecule has 2 N–H and O–H groups in total. The molecule has 0 bridgehead atoms. The summed E-state index contributed by atoms with van der Waals surface area (Å²) in [6.07, 6.45) is 2.55. The summed E-state index contributed by atoms with van der Waals surface area (Å²) >= 11 is 5.80. The minimum absolute atomic E-state index is 0.00671. The van der Waals surface area contributed by atoms with E-state index in [1.54, 1.807) is 12.3 Å². The summed E-state index contributed by atoms with van der Waals surface area (Å²) in [5, 5.41) is 9.48. The van der Waals surface area contributed by atoms with Crippen LogP contribution in [-0.4, -0.2) is 65.1 Å². The molecular formula is C12H18ClN3O2. The van der Waals surface area contributed by atoms with Gasteiger partial charge in [0.25, 0.3) is 5.91 Å². The average molecular weight is 272 g/mol. The highest BCUT2D eigenvalue weighted by molar-refractivity contribution is 6.30. The Morgan fingerprint density at radius 1 is 1.39 bits per heavy atom. The number of carbonyl (C=O) groups excluding carboxylic acids is 1. The van der Waals surface area contributed by atoms with Crippen molar-refractivity contribution in [2.45, 2.75) is 6.42 Å². The second kappa shape index (κ2) is 6.22. The summed E-state index contributed by atoms with van der Waals surface area (Å²) in [6.45, 7) is 4.01. The first-order chi connectivity index (χ1) is 8.70. The molecule has 1 aliphatic rings. The first-order valence-corrected chi connectivity index (χ1v) is 6.55.